The summed E-state index contributed by atoms with van der Waals surface area (Å²) in [5, 5.41) is 5.22. The number of Topliss-reactive ketones (excluding diaryl/α,β-unsaturated/α-hetero) is 1. The lowest BCUT2D eigenvalue weighted by atomic mass is 9.97. The predicted octanol–water partition coefficient (Wildman–Crippen LogP) is 4.56. The molecule has 0 spiro atoms. The highest BCUT2D eigenvalue weighted by molar-refractivity contribution is 7.89. The summed E-state index contributed by atoms with van der Waals surface area (Å²) in [6.45, 7) is 3.72. The highest BCUT2D eigenvalue weighted by Crippen LogP contribution is 2.65. The summed E-state index contributed by atoms with van der Waals surface area (Å²) in [6, 6.07) is 9.09. The fraction of sp³-hybridized carbons (Fsp3) is 0.350. The Morgan fingerprint density at radius 2 is 1.72 bits per heavy atom. The average molecular weight is 446 g/mol. The van der Waals surface area contributed by atoms with Gasteiger partial charge in [0.05, 0.1) is 10.5 Å². The first-order valence-electron chi connectivity index (χ1n) is 8.74. The first-order valence-corrected chi connectivity index (χ1v) is 10.7. The number of primary sulfonamides is 1. The summed E-state index contributed by atoms with van der Waals surface area (Å²) in [5.74, 6) is -1.02. The molecule has 2 aromatic carbocycles. The minimum Gasteiger partial charge on any atom is -0.299 e. The Morgan fingerprint density at radius 1 is 1.14 bits per heavy atom. The summed E-state index contributed by atoms with van der Waals surface area (Å²) in [5.41, 5.74) is -0.747. The molecule has 0 bridgehead atoms. The van der Waals surface area contributed by atoms with Gasteiger partial charge in [-0.1, -0.05) is 37.6 Å². The summed E-state index contributed by atoms with van der Waals surface area (Å²) in [7, 11) is -3.83. The molecule has 9 heteroatoms. The molecule has 0 unspecified atom stereocenters. The molecule has 1 fully saturated rings. The van der Waals surface area contributed by atoms with E-state index in [0.29, 0.717) is 0 Å². The molecule has 0 aromatic heterocycles. The molecule has 1 aliphatic rings. The Kier molecular flexibility index (Phi) is 5.34. The Bertz CT molecular complexity index is 1060. The van der Waals surface area contributed by atoms with Crippen LogP contribution in [0.3, 0.4) is 0 Å². The van der Waals surface area contributed by atoms with E-state index in [4.69, 9.17) is 16.7 Å². The van der Waals surface area contributed by atoms with Crippen molar-refractivity contribution < 1.29 is 26.4 Å². The fourth-order valence-electron chi connectivity index (χ4n) is 4.01. The second-order valence-electron chi connectivity index (χ2n) is 7.83. The number of halogens is 4. The Morgan fingerprint density at radius 3 is 2.24 bits per heavy atom. The Labute approximate surface area is 171 Å². The lowest BCUT2D eigenvalue weighted by Crippen LogP contribution is -2.15. The third kappa shape index (κ3) is 4.34. The number of nitrogens with two attached hydrogens (primary N) is 1. The van der Waals surface area contributed by atoms with Gasteiger partial charge in [0.15, 0.2) is 0 Å². The van der Waals surface area contributed by atoms with Crippen LogP contribution in [0.2, 0.25) is 5.02 Å². The van der Waals surface area contributed by atoms with Gasteiger partial charge < -0.3 is 0 Å². The molecule has 2 atom stereocenters. The van der Waals surface area contributed by atoms with Crippen LogP contribution < -0.4 is 5.14 Å². The molecule has 1 aliphatic carbocycles. The number of hydrogen-bond donors (Lipinski definition) is 1. The molecule has 29 heavy (non-hydrogen) atoms. The van der Waals surface area contributed by atoms with Crippen LogP contribution in [0.1, 0.15) is 36.5 Å². The SMILES string of the molecule is CC1(C)[C@H](C(=O)Cc2cc(Cl)ccc2C(F)(F)F)[C@H]1c1ccc(S(N)(=O)=O)cc1. The van der Waals surface area contributed by atoms with E-state index in [0.717, 1.165) is 17.7 Å². The van der Waals surface area contributed by atoms with Crippen molar-refractivity contribution in [3.63, 3.8) is 0 Å². The van der Waals surface area contributed by atoms with E-state index in [2.05, 4.69) is 0 Å². The number of benzene rings is 2. The quantitative estimate of drug-likeness (QED) is 0.733. The van der Waals surface area contributed by atoms with Gasteiger partial charge in [-0.25, -0.2) is 13.6 Å². The summed E-state index contributed by atoms with van der Waals surface area (Å²) >= 11 is 5.84. The van der Waals surface area contributed by atoms with E-state index in [1.165, 1.54) is 18.2 Å². The second kappa shape index (κ2) is 7.11. The molecular formula is C20H19ClF3NO3S. The molecular weight excluding hydrogens is 427 g/mol. The van der Waals surface area contributed by atoms with Crippen molar-refractivity contribution in [1.29, 1.82) is 0 Å². The van der Waals surface area contributed by atoms with Crippen LogP contribution in [0.5, 0.6) is 0 Å². The van der Waals surface area contributed by atoms with Crippen LogP contribution in [0.25, 0.3) is 0 Å². The van der Waals surface area contributed by atoms with E-state index >= 15 is 0 Å². The molecule has 0 radical (unpaired) electrons. The van der Waals surface area contributed by atoms with Gasteiger partial charge in [0, 0.05) is 17.4 Å². The average Bonchev–Trinajstić information content (AvgIpc) is 3.15. The lowest BCUT2D eigenvalue weighted by molar-refractivity contribution is -0.138. The number of ketones is 1. The second-order valence-corrected chi connectivity index (χ2v) is 9.83. The van der Waals surface area contributed by atoms with Gasteiger partial charge in [-0.2, -0.15) is 13.2 Å². The highest BCUT2D eigenvalue weighted by Gasteiger charge is 2.61. The molecule has 2 N–H and O–H groups in total. The summed E-state index contributed by atoms with van der Waals surface area (Å²) < 4.78 is 62.6. The van der Waals surface area contributed by atoms with Crippen LogP contribution in [0.15, 0.2) is 47.4 Å². The van der Waals surface area contributed by atoms with Gasteiger partial charge >= 0.3 is 6.18 Å². The van der Waals surface area contributed by atoms with Crippen LogP contribution in [-0.2, 0) is 27.4 Å². The van der Waals surface area contributed by atoms with Crippen molar-refractivity contribution in [1.82, 2.24) is 0 Å². The summed E-state index contributed by atoms with van der Waals surface area (Å²) in [4.78, 5) is 12.8. The Hall–Kier alpha value is -1.90. The number of sulfonamides is 1. The van der Waals surface area contributed by atoms with Gasteiger partial charge in [0.2, 0.25) is 10.0 Å². The number of carbonyl (C=O) groups is 1. The molecule has 156 valence electrons. The molecule has 1 saturated carbocycles. The van der Waals surface area contributed by atoms with Crippen molar-refractivity contribution in [3.05, 3.63) is 64.2 Å². The van der Waals surface area contributed by atoms with Gasteiger partial charge in [-0.15, -0.1) is 0 Å². The molecule has 0 saturated heterocycles. The van der Waals surface area contributed by atoms with Crippen molar-refractivity contribution >= 4 is 27.4 Å². The first-order chi connectivity index (χ1) is 13.2. The van der Waals surface area contributed by atoms with E-state index in [1.807, 2.05) is 13.8 Å². The molecule has 4 nitrogen and oxygen atoms in total. The predicted molar refractivity (Wildman–Crippen MR) is 103 cm³/mol. The summed E-state index contributed by atoms with van der Waals surface area (Å²) in [6.07, 6.45) is -4.96. The molecule has 0 heterocycles. The van der Waals surface area contributed by atoms with Gasteiger partial charge in [0.25, 0.3) is 0 Å². The Balaban J connectivity index is 1.85. The number of carbonyl (C=O) groups excluding carboxylic acids is 1. The zero-order valence-corrected chi connectivity index (χ0v) is 17.2. The lowest BCUT2D eigenvalue weighted by Gasteiger charge is -2.13. The van der Waals surface area contributed by atoms with E-state index < -0.39 is 33.1 Å². The van der Waals surface area contributed by atoms with Crippen LogP contribution in [0, 0.1) is 11.3 Å². The minimum absolute atomic E-state index is 0.0451. The van der Waals surface area contributed by atoms with Crippen molar-refractivity contribution in [3.8, 4) is 0 Å². The first kappa shape index (κ1) is 21.8. The largest absolute Gasteiger partial charge is 0.416 e. The van der Waals surface area contributed by atoms with Crippen LogP contribution >= 0.6 is 11.6 Å². The number of alkyl halides is 3. The number of hydrogen-bond acceptors (Lipinski definition) is 3. The van der Waals surface area contributed by atoms with Crippen molar-refractivity contribution in [2.45, 2.75) is 37.3 Å². The smallest absolute Gasteiger partial charge is 0.299 e. The van der Waals surface area contributed by atoms with Crippen LogP contribution in [-0.4, -0.2) is 14.2 Å². The zero-order valence-electron chi connectivity index (χ0n) is 15.6. The maximum Gasteiger partial charge on any atom is 0.416 e. The van der Waals surface area contributed by atoms with Gasteiger partial charge in [0.1, 0.15) is 5.78 Å². The third-order valence-corrected chi connectivity index (χ3v) is 6.64. The van der Waals surface area contributed by atoms with E-state index in [-0.39, 0.29) is 33.6 Å². The fourth-order valence-corrected chi connectivity index (χ4v) is 4.72. The normalized spacial score (nSPS) is 21.1. The number of rotatable bonds is 5. The van der Waals surface area contributed by atoms with Gasteiger partial charge in [-0.3, -0.25) is 4.79 Å². The molecule has 0 amide bonds. The molecule has 0 aliphatic heterocycles. The highest BCUT2D eigenvalue weighted by atomic mass is 35.5. The van der Waals surface area contributed by atoms with Crippen molar-refractivity contribution in [2.24, 2.45) is 16.5 Å². The molecule has 3 rings (SSSR count). The minimum atomic E-state index is -4.58. The van der Waals surface area contributed by atoms with Crippen LogP contribution in [0.4, 0.5) is 13.2 Å². The van der Waals surface area contributed by atoms with Crippen molar-refractivity contribution in [2.75, 3.05) is 0 Å². The van der Waals surface area contributed by atoms with E-state index in [9.17, 15) is 26.4 Å². The van der Waals surface area contributed by atoms with Gasteiger partial charge in [-0.05, 0) is 52.8 Å². The monoisotopic (exact) mass is 445 g/mol. The third-order valence-electron chi connectivity index (χ3n) is 5.48. The maximum atomic E-state index is 13.3. The van der Waals surface area contributed by atoms with E-state index in [1.54, 1.807) is 12.1 Å². The zero-order chi connectivity index (χ0) is 21.8. The standard InChI is InChI=1S/C20H19ClF3NO3S/c1-19(2)17(11-3-6-14(7-4-11)29(25,27)28)18(19)16(26)10-12-9-13(21)5-8-15(12)20(22,23)24/h3-9,17-18H,10H2,1-2H3,(H2,25,27,28)/t17-,18-/m1/s1. The molecule has 2 aromatic rings. The topological polar surface area (TPSA) is 77.2 Å². The maximum absolute atomic E-state index is 13.3.